The van der Waals surface area contributed by atoms with E-state index >= 15 is 0 Å². The number of carbonyl (C=O) groups is 1. The maximum Gasteiger partial charge on any atom is 0.573 e. The van der Waals surface area contributed by atoms with E-state index in [1.165, 1.54) is 17.0 Å². The van der Waals surface area contributed by atoms with Crippen LogP contribution in [0.3, 0.4) is 0 Å². The zero-order valence-corrected chi connectivity index (χ0v) is 19.9. The van der Waals surface area contributed by atoms with Gasteiger partial charge in [0.25, 0.3) is 0 Å². The fraction of sp³-hybridized carbons (Fsp3) is 0.292. The Balaban J connectivity index is 1.66. The maximum absolute atomic E-state index is 12.3. The molecule has 1 heterocycles. The minimum atomic E-state index is -4.71. The molecule has 0 amide bonds. The first-order valence-corrected chi connectivity index (χ1v) is 11.9. The van der Waals surface area contributed by atoms with Crippen LogP contribution in [-0.2, 0) is 10.5 Å². The lowest BCUT2D eigenvalue weighted by atomic mass is 10.1. The van der Waals surface area contributed by atoms with Gasteiger partial charge in [0.2, 0.25) is 0 Å². The van der Waals surface area contributed by atoms with Crippen LogP contribution < -0.4 is 9.47 Å². The van der Waals surface area contributed by atoms with E-state index in [-0.39, 0.29) is 5.75 Å². The molecule has 1 unspecified atom stereocenters. The van der Waals surface area contributed by atoms with E-state index in [4.69, 9.17) is 4.74 Å². The van der Waals surface area contributed by atoms with E-state index in [1.807, 2.05) is 32.0 Å². The SMILES string of the molecule is CCC(Oc1ccc(SCc2sc(-c3ccc(OC(F)(F)F)cc3)cc2C)cc1C)C(=O)O. The highest BCUT2D eigenvalue weighted by molar-refractivity contribution is 7.98. The van der Waals surface area contributed by atoms with E-state index in [1.54, 1.807) is 48.2 Å². The molecule has 0 saturated carbocycles. The maximum atomic E-state index is 12.3. The van der Waals surface area contributed by atoms with Crippen molar-refractivity contribution >= 4 is 29.1 Å². The molecule has 9 heteroatoms. The summed E-state index contributed by atoms with van der Waals surface area (Å²) in [4.78, 5) is 14.4. The first-order valence-electron chi connectivity index (χ1n) is 10.1. The number of benzene rings is 2. The van der Waals surface area contributed by atoms with Crippen molar-refractivity contribution in [3.8, 4) is 21.9 Å². The summed E-state index contributed by atoms with van der Waals surface area (Å²) in [7, 11) is 0. The Morgan fingerprint density at radius 1 is 1.09 bits per heavy atom. The Morgan fingerprint density at radius 3 is 2.36 bits per heavy atom. The highest BCUT2D eigenvalue weighted by Crippen LogP contribution is 2.37. The van der Waals surface area contributed by atoms with E-state index in [0.717, 1.165) is 32.2 Å². The highest BCUT2D eigenvalue weighted by atomic mass is 32.2. The van der Waals surface area contributed by atoms with E-state index in [9.17, 15) is 23.1 Å². The van der Waals surface area contributed by atoms with Crippen LogP contribution in [0.15, 0.2) is 53.4 Å². The van der Waals surface area contributed by atoms with Crippen molar-refractivity contribution in [3.05, 3.63) is 64.5 Å². The number of aryl methyl sites for hydroxylation is 2. The fourth-order valence-corrected chi connectivity index (χ4v) is 5.42. The van der Waals surface area contributed by atoms with Gasteiger partial charge in [-0.15, -0.1) is 36.3 Å². The first-order chi connectivity index (χ1) is 15.6. The summed E-state index contributed by atoms with van der Waals surface area (Å²) in [5.41, 5.74) is 2.81. The largest absolute Gasteiger partial charge is 0.573 e. The molecule has 0 aliphatic heterocycles. The number of carboxylic acids is 1. The summed E-state index contributed by atoms with van der Waals surface area (Å²) < 4.78 is 46.6. The van der Waals surface area contributed by atoms with Crippen LogP contribution >= 0.6 is 23.1 Å². The molecule has 2 aromatic carbocycles. The Morgan fingerprint density at radius 2 is 1.79 bits per heavy atom. The molecular weight excluding hydrogens is 473 g/mol. The molecule has 1 aromatic heterocycles. The molecule has 3 aromatic rings. The van der Waals surface area contributed by atoms with Crippen LogP contribution in [0.25, 0.3) is 10.4 Å². The number of hydrogen-bond donors (Lipinski definition) is 1. The van der Waals surface area contributed by atoms with Gasteiger partial charge in [0.1, 0.15) is 11.5 Å². The minimum absolute atomic E-state index is 0.244. The molecule has 3 rings (SSSR count). The molecule has 176 valence electrons. The number of rotatable bonds is 9. The zero-order valence-electron chi connectivity index (χ0n) is 18.2. The Bertz CT molecular complexity index is 1110. The van der Waals surface area contributed by atoms with Gasteiger partial charge in [0.05, 0.1) is 0 Å². The van der Waals surface area contributed by atoms with Crippen LogP contribution in [-0.4, -0.2) is 23.5 Å². The third-order valence-electron chi connectivity index (χ3n) is 4.82. The van der Waals surface area contributed by atoms with Crippen LogP contribution in [0.5, 0.6) is 11.5 Å². The number of thiophene rings is 1. The third-order valence-corrected chi connectivity index (χ3v) is 7.31. The number of ether oxygens (including phenoxy) is 2. The number of alkyl halides is 3. The minimum Gasteiger partial charge on any atom is -0.479 e. The molecule has 33 heavy (non-hydrogen) atoms. The predicted molar refractivity (Wildman–Crippen MR) is 124 cm³/mol. The summed E-state index contributed by atoms with van der Waals surface area (Å²) in [5.74, 6) is 0.0627. The van der Waals surface area contributed by atoms with Crippen molar-refractivity contribution in [1.82, 2.24) is 0 Å². The molecule has 0 bridgehead atoms. The molecular formula is C24H23F3O4S2. The predicted octanol–water partition coefficient (Wildman–Crippen LogP) is 7.46. The number of carboxylic acid groups (broad SMARTS) is 1. The van der Waals surface area contributed by atoms with Crippen molar-refractivity contribution in [1.29, 1.82) is 0 Å². The smallest absolute Gasteiger partial charge is 0.479 e. The van der Waals surface area contributed by atoms with Crippen LogP contribution in [0.2, 0.25) is 0 Å². The Kier molecular flexibility index (Phi) is 7.97. The lowest BCUT2D eigenvalue weighted by Crippen LogP contribution is -2.26. The van der Waals surface area contributed by atoms with Crippen molar-refractivity contribution in [3.63, 3.8) is 0 Å². The zero-order chi connectivity index (χ0) is 24.2. The molecule has 0 aliphatic rings. The summed E-state index contributed by atoms with van der Waals surface area (Å²) in [5, 5.41) is 9.18. The third kappa shape index (κ3) is 6.91. The van der Waals surface area contributed by atoms with E-state index < -0.39 is 18.4 Å². The van der Waals surface area contributed by atoms with Gasteiger partial charge in [-0.3, -0.25) is 0 Å². The van der Waals surface area contributed by atoms with Crippen molar-refractivity contribution in [2.45, 2.75) is 50.3 Å². The Labute approximate surface area is 198 Å². The van der Waals surface area contributed by atoms with Gasteiger partial charge in [-0.1, -0.05) is 6.92 Å². The lowest BCUT2D eigenvalue weighted by molar-refractivity contribution is -0.274. The molecule has 0 saturated heterocycles. The van der Waals surface area contributed by atoms with Gasteiger partial charge in [0, 0.05) is 20.4 Å². The summed E-state index contributed by atoms with van der Waals surface area (Å²) >= 11 is 3.25. The summed E-state index contributed by atoms with van der Waals surface area (Å²) in [6.45, 7) is 5.66. The molecule has 0 aliphatic carbocycles. The average molecular weight is 497 g/mol. The van der Waals surface area contributed by atoms with Crippen molar-refractivity contribution < 1.29 is 32.5 Å². The molecule has 0 spiro atoms. The van der Waals surface area contributed by atoms with Crippen molar-refractivity contribution in [2.75, 3.05) is 0 Å². The second-order valence-corrected chi connectivity index (χ2v) is 9.54. The summed E-state index contributed by atoms with van der Waals surface area (Å²) in [6.07, 6.45) is -5.20. The second kappa shape index (κ2) is 10.5. The number of halogens is 3. The fourth-order valence-electron chi connectivity index (χ4n) is 3.08. The van der Waals surface area contributed by atoms with Crippen LogP contribution in [0, 0.1) is 13.8 Å². The van der Waals surface area contributed by atoms with Crippen molar-refractivity contribution in [2.24, 2.45) is 0 Å². The lowest BCUT2D eigenvalue weighted by Gasteiger charge is -2.15. The van der Waals surface area contributed by atoms with Gasteiger partial charge in [-0.25, -0.2) is 4.79 Å². The van der Waals surface area contributed by atoms with Crippen LogP contribution in [0.1, 0.15) is 29.3 Å². The molecule has 0 radical (unpaired) electrons. The quantitative estimate of drug-likeness (QED) is 0.312. The molecule has 0 fully saturated rings. The standard InChI is InChI=1S/C24H23F3O4S2/c1-4-19(23(28)29)30-20-10-9-18(11-14(20)2)32-13-22-15(3)12-21(33-22)16-5-7-17(8-6-16)31-24(25,26)27/h5-12,19H,4,13H2,1-3H3,(H,28,29). The molecule has 4 nitrogen and oxygen atoms in total. The average Bonchev–Trinajstić information content (AvgIpc) is 3.11. The van der Waals surface area contributed by atoms with Gasteiger partial charge < -0.3 is 14.6 Å². The van der Waals surface area contributed by atoms with Gasteiger partial charge in [-0.05, 0) is 85.5 Å². The monoisotopic (exact) mass is 496 g/mol. The van der Waals surface area contributed by atoms with Gasteiger partial charge in [0.15, 0.2) is 6.10 Å². The number of hydrogen-bond acceptors (Lipinski definition) is 5. The summed E-state index contributed by atoms with van der Waals surface area (Å²) in [6, 6.07) is 13.6. The number of thioether (sulfide) groups is 1. The highest BCUT2D eigenvalue weighted by Gasteiger charge is 2.31. The molecule has 1 atom stereocenters. The Hall–Kier alpha value is -2.65. The van der Waals surface area contributed by atoms with E-state index in [2.05, 4.69) is 4.74 Å². The second-order valence-electron chi connectivity index (χ2n) is 7.36. The van der Waals surface area contributed by atoms with Crippen LogP contribution in [0.4, 0.5) is 13.2 Å². The normalized spacial score (nSPS) is 12.4. The topological polar surface area (TPSA) is 55.8 Å². The first kappa shape index (κ1) is 25.0. The van der Waals surface area contributed by atoms with E-state index in [0.29, 0.717) is 12.2 Å². The van der Waals surface area contributed by atoms with Gasteiger partial charge >= 0.3 is 12.3 Å². The number of aliphatic carboxylic acids is 1. The van der Waals surface area contributed by atoms with Gasteiger partial charge in [-0.2, -0.15) is 0 Å². The molecule has 1 N–H and O–H groups in total.